The SMILES string of the molecule is C#CCOc1ccc2nc(C(=O)c3ccc(OC)c(OCC)c3)nc(/C(C=C)=C/C)c2c1. The fraction of sp³-hybridized carbons (Fsp3) is 0.192. The van der Waals surface area contributed by atoms with Gasteiger partial charge >= 0.3 is 0 Å². The van der Waals surface area contributed by atoms with E-state index in [1.165, 1.54) is 0 Å². The van der Waals surface area contributed by atoms with E-state index in [4.69, 9.17) is 20.6 Å². The smallest absolute Gasteiger partial charge is 0.230 e. The number of carbonyl (C=O) groups is 1. The van der Waals surface area contributed by atoms with Gasteiger partial charge in [-0.15, -0.1) is 6.42 Å². The van der Waals surface area contributed by atoms with Gasteiger partial charge in [-0.3, -0.25) is 4.79 Å². The Morgan fingerprint density at radius 2 is 1.97 bits per heavy atom. The zero-order valence-electron chi connectivity index (χ0n) is 18.3. The molecule has 0 atom stereocenters. The van der Waals surface area contributed by atoms with Gasteiger partial charge in [0.1, 0.15) is 12.4 Å². The number of fused-ring (bicyclic) bond motifs is 1. The minimum absolute atomic E-state index is 0.0682. The van der Waals surface area contributed by atoms with Crippen LogP contribution in [0.15, 0.2) is 55.1 Å². The molecule has 0 bridgehead atoms. The molecule has 0 aliphatic rings. The van der Waals surface area contributed by atoms with Gasteiger partial charge < -0.3 is 14.2 Å². The average molecular weight is 428 g/mol. The molecule has 6 heteroatoms. The van der Waals surface area contributed by atoms with Crippen LogP contribution in [0.4, 0.5) is 0 Å². The standard InChI is InChI=1S/C26H24N2O4/c1-6-14-32-19-11-12-21-20(16-19)24(17(7-2)8-3)28-26(27-21)25(29)18-10-13-22(30-5)23(15-18)31-9-4/h1,7-8,10-13,15-16H,2,9,14H2,3-5H3/b17-8+. The number of terminal acetylenes is 1. The van der Waals surface area contributed by atoms with E-state index in [-0.39, 0.29) is 18.2 Å². The maximum absolute atomic E-state index is 13.3. The summed E-state index contributed by atoms with van der Waals surface area (Å²) >= 11 is 0. The first-order valence-electron chi connectivity index (χ1n) is 10.1. The van der Waals surface area contributed by atoms with Crippen LogP contribution in [0.3, 0.4) is 0 Å². The van der Waals surface area contributed by atoms with Crippen LogP contribution >= 0.6 is 0 Å². The highest BCUT2D eigenvalue weighted by atomic mass is 16.5. The molecule has 0 saturated heterocycles. The largest absolute Gasteiger partial charge is 0.493 e. The highest BCUT2D eigenvalue weighted by Gasteiger charge is 2.19. The van der Waals surface area contributed by atoms with Crippen LogP contribution in [-0.2, 0) is 0 Å². The molecule has 32 heavy (non-hydrogen) atoms. The molecule has 1 aromatic heterocycles. The van der Waals surface area contributed by atoms with E-state index < -0.39 is 0 Å². The van der Waals surface area contributed by atoms with Crippen molar-refractivity contribution in [1.29, 1.82) is 0 Å². The lowest BCUT2D eigenvalue weighted by atomic mass is 10.0. The fourth-order valence-corrected chi connectivity index (χ4v) is 3.21. The van der Waals surface area contributed by atoms with Crippen molar-refractivity contribution < 1.29 is 19.0 Å². The third-order valence-corrected chi connectivity index (χ3v) is 4.72. The van der Waals surface area contributed by atoms with Crippen molar-refractivity contribution in [1.82, 2.24) is 9.97 Å². The molecule has 0 aliphatic heterocycles. The third-order valence-electron chi connectivity index (χ3n) is 4.72. The van der Waals surface area contributed by atoms with Gasteiger partial charge in [0.25, 0.3) is 0 Å². The summed E-state index contributed by atoms with van der Waals surface area (Å²) in [7, 11) is 1.55. The number of allylic oxidation sites excluding steroid dienone is 3. The maximum atomic E-state index is 13.3. The molecule has 6 nitrogen and oxygen atoms in total. The molecule has 0 unspecified atom stereocenters. The molecule has 0 saturated carbocycles. The van der Waals surface area contributed by atoms with Crippen molar-refractivity contribution in [2.45, 2.75) is 13.8 Å². The Bertz CT molecular complexity index is 1240. The van der Waals surface area contributed by atoms with E-state index in [1.807, 2.05) is 26.0 Å². The first-order chi connectivity index (χ1) is 15.6. The summed E-state index contributed by atoms with van der Waals surface area (Å²) in [4.78, 5) is 22.4. The van der Waals surface area contributed by atoms with Gasteiger partial charge in [0.2, 0.25) is 11.6 Å². The lowest BCUT2D eigenvalue weighted by molar-refractivity contribution is 0.102. The van der Waals surface area contributed by atoms with Crippen LogP contribution < -0.4 is 14.2 Å². The zero-order valence-corrected chi connectivity index (χ0v) is 18.3. The minimum Gasteiger partial charge on any atom is -0.493 e. The van der Waals surface area contributed by atoms with Crippen molar-refractivity contribution in [3.63, 3.8) is 0 Å². The highest BCUT2D eigenvalue weighted by molar-refractivity contribution is 6.08. The summed E-state index contributed by atoms with van der Waals surface area (Å²) in [6, 6.07) is 10.3. The molecular weight excluding hydrogens is 404 g/mol. The molecule has 0 fully saturated rings. The molecule has 162 valence electrons. The Balaban J connectivity index is 2.15. The predicted molar refractivity (Wildman–Crippen MR) is 125 cm³/mol. The van der Waals surface area contributed by atoms with E-state index in [2.05, 4.69) is 22.5 Å². The van der Waals surface area contributed by atoms with Crippen LogP contribution in [0.5, 0.6) is 17.2 Å². The first-order valence-corrected chi connectivity index (χ1v) is 10.1. The van der Waals surface area contributed by atoms with Crippen LogP contribution in [0.2, 0.25) is 0 Å². The number of ketones is 1. The first kappa shape index (κ1) is 22.6. The molecule has 0 radical (unpaired) electrons. The number of benzene rings is 2. The van der Waals surface area contributed by atoms with Crippen molar-refractivity contribution in [3.05, 3.63) is 72.2 Å². The van der Waals surface area contributed by atoms with Crippen molar-refractivity contribution in [3.8, 4) is 29.6 Å². The normalized spacial score (nSPS) is 11.0. The van der Waals surface area contributed by atoms with E-state index in [0.717, 1.165) is 11.0 Å². The maximum Gasteiger partial charge on any atom is 0.230 e. The van der Waals surface area contributed by atoms with E-state index in [1.54, 1.807) is 43.5 Å². The second kappa shape index (κ2) is 10.3. The molecular formula is C26H24N2O4. The number of carbonyl (C=O) groups excluding carboxylic acids is 1. The Hall–Kier alpha value is -4.11. The van der Waals surface area contributed by atoms with Gasteiger partial charge in [-0.2, -0.15) is 0 Å². The Kier molecular flexibility index (Phi) is 7.25. The van der Waals surface area contributed by atoms with Gasteiger partial charge in [0, 0.05) is 10.9 Å². The van der Waals surface area contributed by atoms with Gasteiger partial charge in [-0.25, -0.2) is 9.97 Å². The Labute approximate surface area is 187 Å². The number of methoxy groups -OCH3 is 1. The van der Waals surface area contributed by atoms with Crippen molar-refractivity contribution in [2.24, 2.45) is 0 Å². The van der Waals surface area contributed by atoms with Crippen LogP contribution in [0.1, 0.15) is 35.7 Å². The van der Waals surface area contributed by atoms with Crippen LogP contribution in [0.25, 0.3) is 16.5 Å². The minimum atomic E-state index is -0.330. The number of nitrogens with zero attached hydrogens (tertiary/aromatic N) is 2. The molecule has 0 amide bonds. The van der Waals surface area contributed by atoms with Crippen LogP contribution in [0, 0.1) is 12.3 Å². The predicted octanol–water partition coefficient (Wildman–Crippen LogP) is 4.87. The number of hydrogen-bond donors (Lipinski definition) is 0. The monoisotopic (exact) mass is 428 g/mol. The van der Waals surface area contributed by atoms with Gasteiger partial charge in [-0.1, -0.05) is 24.7 Å². The van der Waals surface area contributed by atoms with E-state index >= 15 is 0 Å². The van der Waals surface area contributed by atoms with Gasteiger partial charge in [0.15, 0.2) is 11.5 Å². The number of aromatic nitrogens is 2. The summed E-state index contributed by atoms with van der Waals surface area (Å²) in [6.45, 7) is 8.20. The number of hydrogen-bond acceptors (Lipinski definition) is 6. The van der Waals surface area contributed by atoms with Crippen molar-refractivity contribution >= 4 is 22.3 Å². The third kappa shape index (κ3) is 4.62. The topological polar surface area (TPSA) is 70.5 Å². The Morgan fingerprint density at radius 3 is 2.62 bits per heavy atom. The zero-order chi connectivity index (χ0) is 23.1. The fourth-order valence-electron chi connectivity index (χ4n) is 3.21. The Morgan fingerprint density at radius 1 is 1.16 bits per heavy atom. The van der Waals surface area contributed by atoms with Gasteiger partial charge in [0.05, 0.1) is 24.9 Å². The molecule has 0 spiro atoms. The molecule has 2 aromatic carbocycles. The lowest BCUT2D eigenvalue weighted by Crippen LogP contribution is -2.10. The van der Waals surface area contributed by atoms with E-state index in [9.17, 15) is 4.79 Å². The number of rotatable bonds is 9. The molecule has 0 N–H and O–H groups in total. The summed E-state index contributed by atoms with van der Waals surface area (Å²) in [5.41, 5.74) is 2.35. The second-order valence-electron chi connectivity index (χ2n) is 6.64. The molecule has 3 rings (SSSR count). The second-order valence-corrected chi connectivity index (χ2v) is 6.64. The number of ether oxygens (including phenoxy) is 3. The molecule has 1 heterocycles. The highest BCUT2D eigenvalue weighted by Crippen LogP contribution is 2.30. The molecule has 3 aromatic rings. The lowest BCUT2D eigenvalue weighted by Gasteiger charge is -2.12. The quantitative estimate of drug-likeness (QED) is 0.275. The summed E-state index contributed by atoms with van der Waals surface area (Å²) in [5, 5.41) is 0.730. The summed E-state index contributed by atoms with van der Waals surface area (Å²) in [6.07, 6.45) is 8.85. The van der Waals surface area contributed by atoms with E-state index in [0.29, 0.717) is 40.6 Å². The summed E-state index contributed by atoms with van der Waals surface area (Å²) in [5.74, 6) is 3.81. The average Bonchev–Trinajstić information content (AvgIpc) is 2.83. The van der Waals surface area contributed by atoms with Crippen LogP contribution in [-0.4, -0.2) is 36.1 Å². The van der Waals surface area contributed by atoms with Gasteiger partial charge in [-0.05, 0) is 55.8 Å². The molecule has 0 aliphatic carbocycles. The summed E-state index contributed by atoms with van der Waals surface area (Å²) < 4.78 is 16.4. The van der Waals surface area contributed by atoms with Crippen molar-refractivity contribution in [2.75, 3.05) is 20.3 Å².